The van der Waals surface area contributed by atoms with E-state index in [0.29, 0.717) is 12.5 Å². The summed E-state index contributed by atoms with van der Waals surface area (Å²) in [5.74, 6) is 1.48. The minimum absolute atomic E-state index is 0. The van der Waals surface area contributed by atoms with Gasteiger partial charge in [-0.1, -0.05) is 35.9 Å². The maximum absolute atomic E-state index is 9.14. The van der Waals surface area contributed by atoms with Crippen LogP contribution in [-0.2, 0) is 0 Å². The van der Waals surface area contributed by atoms with E-state index >= 15 is 0 Å². The van der Waals surface area contributed by atoms with Gasteiger partial charge in [0.2, 0.25) is 5.95 Å². The van der Waals surface area contributed by atoms with Crippen molar-refractivity contribution in [1.29, 1.82) is 0 Å². The Hall–Kier alpha value is -2.28. The van der Waals surface area contributed by atoms with Crippen LogP contribution < -0.4 is 15.1 Å². The number of nitrogens with one attached hydrogen (secondary N) is 1. The normalized spacial score (nSPS) is 14.1. The van der Waals surface area contributed by atoms with Gasteiger partial charge < -0.3 is 20.2 Å². The number of rotatable bonds is 5. The van der Waals surface area contributed by atoms with Crippen molar-refractivity contribution >= 4 is 52.4 Å². The number of nitrogens with zero attached hydrogens (tertiary/aromatic N) is 4. The monoisotopic (exact) mass is 419 g/mol. The second-order valence-corrected chi connectivity index (χ2v) is 6.87. The second kappa shape index (κ2) is 9.28. The highest BCUT2D eigenvalue weighted by molar-refractivity contribution is 6.33. The first-order chi connectivity index (χ1) is 13.3. The smallest absolute Gasteiger partial charge is 0.228 e. The predicted molar refractivity (Wildman–Crippen MR) is 118 cm³/mol. The van der Waals surface area contributed by atoms with E-state index in [4.69, 9.17) is 26.7 Å². The highest BCUT2D eigenvalue weighted by Gasteiger charge is 2.21. The molecule has 0 amide bonds. The van der Waals surface area contributed by atoms with Crippen LogP contribution in [0.1, 0.15) is 0 Å². The summed E-state index contributed by atoms with van der Waals surface area (Å²) in [5.41, 5.74) is 1.97. The lowest BCUT2D eigenvalue weighted by Gasteiger charge is -2.36. The molecular formula is C20H23Cl2N5O. The number of piperazine rings is 1. The molecule has 0 unspecified atom stereocenters. The lowest BCUT2D eigenvalue weighted by Crippen LogP contribution is -2.47. The van der Waals surface area contributed by atoms with Crippen LogP contribution in [0, 0.1) is 0 Å². The molecule has 1 aliphatic heterocycles. The standard InChI is InChI=1S/C20H22ClN5O.ClH/c21-16-6-2-4-8-18(16)25-10-12-26(13-11-25)20-23-17-7-3-1-5-15(17)19(24-20)22-9-14-27;/h1-8,27H,9-14H2,(H,22,23,24);1H. The topological polar surface area (TPSA) is 64.5 Å². The number of para-hydroxylation sites is 2. The molecule has 0 atom stereocenters. The maximum atomic E-state index is 9.14. The molecule has 2 N–H and O–H groups in total. The minimum Gasteiger partial charge on any atom is -0.395 e. The molecule has 0 bridgehead atoms. The highest BCUT2D eigenvalue weighted by atomic mass is 35.5. The number of hydrogen-bond acceptors (Lipinski definition) is 6. The molecule has 28 heavy (non-hydrogen) atoms. The Morgan fingerprint density at radius 1 is 0.929 bits per heavy atom. The molecule has 8 heteroatoms. The van der Waals surface area contributed by atoms with Crippen LogP contribution in [0.2, 0.25) is 5.02 Å². The maximum Gasteiger partial charge on any atom is 0.228 e. The van der Waals surface area contributed by atoms with Gasteiger partial charge in [0.25, 0.3) is 0 Å². The summed E-state index contributed by atoms with van der Waals surface area (Å²) in [7, 11) is 0. The van der Waals surface area contributed by atoms with Crippen molar-refractivity contribution < 1.29 is 5.11 Å². The molecule has 1 saturated heterocycles. The van der Waals surface area contributed by atoms with Crippen LogP contribution in [0.5, 0.6) is 0 Å². The zero-order chi connectivity index (χ0) is 18.6. The van der Waals surface area contributed by atoms with E-state index < -0.39 is 0 Å². The molecule has 1 aromatic heterocycles. The summed E-state index contributed by atoms with van der Waals surface area (Å²) >= 11 is 6.34. The van der Waals surface area contributed by atoms with Crippen LogP contribution in [0.3, 0.4) is 0 Å². The number of halogens is 2. The van der Waals surface area contributed by atoms with Crippen molar-refractivity contribution in [1.82, 2.24) is 9.97 Å². The Morgan fingerprint density at radius 3 is 2.36 bits per heavy atom. The Labute approximate surface area is 175 Å². The Morgan fingerprint density at radius 2 is 1.61 bits per heavy atom. The van der Waals surface area contributed by atoms with Crippen molar-refractivity contribution in [3.63, 3.8) is 0 Å². The van der Waals surface area contributed by atoms with E-state index in [2.05, 4.69) is 21.2 Å². The summed E-state index contributed by atoms with van der Waals surface area (Å²) in [4.78, 5) is 14.0. The van der Waals surface area contributed by atoms with Gasteiger partial charge in [-0.15, -0.1) is 12.4 Å². The Kier molecular flexibility index (Phi) is 6.78. The third-order valence-electron chi connectivity index (χ3n) is 4.75. The molecule has 4 rings (SSSR count). The van der Waals surface area contributed by atoms with E-state index in [1.165, 1.54) is 0 Å². The average molecular weight is 420 g/mol. The first kappa shape index (κ1) is 20.5. The van der Waals surface area contributed by atoms with Gasteiger partial charge in [0.05, 0.1) is 22.8 Å². The SMILES string of the molecule is Cl.OCCNc1nc(N2CCN(c3ccccc3Cl)CC2)nc2ccccc12. The predicted octanol–water partition coefficient (Wildman–Crippen LogP) is 3.44. The van der Waals surface area contributed by atoms with Gasteiger partial charge >= 0.3 is 0 Å². The van der Waals surface area contributed by atoms with Crippen molar-refractivity contribution in [2.45, 2.75) is 0 Å². The van der Waals surface area contributed by atoms with E-state index in [9.17, 15) is 0 Å². The van der Waals surface area contributed by atoms with Crippen LogP contribution >= 0.6 is 24.0 Å². The van der Waals surface area contributed by atoms with E-state index in [-0.39, 0.29) is 19.0 Å². The molecule has 2 aromatic carbocycles. The molecule has 0 spiro atoms. The summed E-state index contributed by atoms with van der Waals surface area (Å²) in [6.07, 6.45) is 0. The highest BCUT2D eigenvalue weighted by Crippen LogP contribution is 2.28. The summed E-state index contributed by atoms with van der Waals surface area (Å²) in [5, 5.41) is 14.1. The molecule has 1 aliphatic rings. The van der Waals surface area contributed by atoms with Gasteiger partial charge in [-0.2, -0.15) is 4.98 Å². The summed E-state index contributed by atoms with van der Waals surface area (Å²) < 4.78 is 0. The first-order valence-electron chi connectivity index (χ1n) is 9.12. The van der Waals surface area contributed by atoms with Gasteiger partial charge in [-0.3, -0.25) is 0 Å². The number of benzene rings is 2. The molecule has 0 radical (unpaired) electrons. The zero-order valence-electron chi connectivity index (χ0n) is 15.4. The number of hydrogen-bond donors (Lipinski definition) is 2. The fourth-order valence-corrected chi connectivity index (χ4v) is 3.63. The quantitative estimate of drug-likeness (QED) is 0.660. The Balaban J connectivity index is 0.00000225. The Bertz CT molecular complexity index is 931. The zero-order valence-corrected chi connectivity index (χ0v) is 17.0. The molecule has 0 saturated carbocycles. The fraction of sp³-hybridized carbons (Fsp3) is 0.300. The first-order valence-corrected chi connectivity index (χ1v) is 9.50. The van der Waals surface area contributed by atoms with Crippen LogP contribution in [0.25, 0.3) is 10.9 Å². The number of anilines is 3. The molecule has 6 nitrogen and oxygen atoms in total. The van der Waals surface area contributed by atoms with Gasteiger partial charge in [-0.25, -0.2) is 4.98 Å². The number of aliphatic hydroxyl groups excluding tert-OH is 1. The van der Waals surface area contributed by atoms with Crippen molar-refractivity contribution in [3.8, 4) is 0 Å². The lowest BCUT2D eigenvalue weighted by atomic mass is 10.2. The average Bonchev–Trinajstić information content (AvgIpc) is 2.72. The number of aliphatic hydroxyl groups is 1. The fourth-order valence-electron chi connectivity index (χ4n) is 3.37. The van der Waals surface area contributed by atoms with Crippen LogP contribution in [-0.4, -0.2) is 54.4 Å². The molecule has 148 valence electrons. The van der Waals surface area contributed by atoms with E-state index in [1.807, 2.05) is 42.5 Å². The second-order valence-electron chi connectivity index (χ2n) is 6.47. The minimum atomic E-state index is 0. The van der Waals surface area contributed by atoms with Crippen LogP contribution in [0.4, 0.5) is 17.5 Å². The van der Waals surface area contributed by atoms with Crippen LogP contribution in [0.15, 0.2) is 48.5 Å². The van der Waals surface area contributed by atoms with E-state index in [0.717, 1.165) is 53.6 Å². The molecule has 3 aromatic rings. The summed E-state index contributed by atoms with van der Waals surface area (Å²) in [6.45, 7) is 3.88. The van der Waals surface area contributed by atoms with E-state index in [1.54, 1.807) is 0 Å². The molecular weight excluding hydrogens is 397 g/mol. The van der Waals surface area contributed by atoms with Crippen molar-refractivity contribution in [2.75, 3.05) is 54.4 Å². The molecule has 1 fully saturated rings. The number of fused-ring (bicyclic) bond motifs is 1. The van der Waals surface area contributed by atoms with Gasteiger partial charge in [0.15, 0.2) is 0 Å². The largest absolute Gasteiger partial charge is 0.395 e. The molecule has 0 aliphatic carbocycles. The third-order valence-corrected chi connectivity index (χ3v) is 5.07. The lowest BCUT2D eigenvalue weighted by molar-refractivity contribution is 0.311. The number of aromatic nitrogens is 2. The summed E-state index contributed by atoms with van der Waals surface area (Å²) in [6, 6.07) is 15.9. The molecule has 2 heterocycles. The van der Waals surface area contributed by atoms with Gasteiger partial charge in [0.1, 0.15) is 5.82 Å². The van der Waals surface area contributed by atoms with Crippen molar-refractivity contribution in [3.05, 3.63) is 53.6 Å². The van der Waals surface area contributed by atoms with Crippen molar-refractivity contribution in [2.24, 2.45) is 0 Å². The van der Waals surface area contributed by atoms with Gasteiger partial charge in [-0.05, 0) is 24.3 Å². The third kappa shape index (κ3) is 4.24. The van der Waals surface area contributed by atoms with Gasteiger partial charge in [0, 0.05) is 38.1 Å².